The van der Waals surface area contributed by atoms with Crippen molar-refractivity contribution in [2.24, 2.45) is 0 Å². The first-order chi connectivity index (χ1) is 19.6. The van der Waals surface area contributed by atoms with Crippen LogP contribution in [0.15, 0.2) is 48.7 Å². The minimum atomic E-state index is -0.983. The van der Waals surface area contributed by atoms with Gasteiger partial charge in [-0.25, -0.2) is 13.9 Å². The first-order valence-corrected chi connectivity index (χ1v) is 13.6. The molecule has 2 bridgehead atoms. The lowest BCUT2D eigenvalue weighted by Gasteiger charge is -2.58. The third-order valence-corrected chi connectivity index (χ3v) is 7.95. The lowest BCUT2D eigenvalue weighted by atomic mass is 9.86. The summed E-state index contributed by atoms with van der Waals surface area (Å²) in [5.41, 5.74) is 3.05. The van der Waals surface area contributed by atoms with Crippen molar-refractivity contribution in [2.75, 3.05) is 33.3 Å². The zero-order valence-corrected chi connectivity index (χ0v) is 23.4. The summed E-state index contributed by atoms with van der Waals surface area (Å²) in [6.07, 6.45) is 15.6. The molecule has 10 heteroatoms. The van der Waals surface area contributed by atoms with Gasteiger partial charge in [0.25, 0.3) is 0 Å². The predicted molar refractivity (Wildman–Crippen MR) is 152 cm³/mol. The second-order valence-electron chi connectivity index (χ2n) is 11.7. The smallest absolute Gasteiger partial charge is 0.157 e. The van der Waals surface area contributed by atoms with Crippen LogP contribution in [0.3, 0.4) is 0 Å². The van der Waals surface area contributed by atoms with E-state index >= 15 is 0 Å². The fourth-order valence-electron chi connectivity index (χ4n) is 5.99. The third kappa shape index (κ3) is 5.13. The summed E-state index contributed by atoms with van der Waals surface area (Å²) >= 11 is 0. The first kappa shape index (κ1) is 26.8. The molecule has 3 fully saturated rings. The molecule has 41 heavy (non-hydrogen) atoms. The third-order valence-electron chi connectivity index (χ3n) is 7.95. The maximum absolute atomic E-state index is 14.1. The maximum Gasteiger partial charge on any atom is 0.157 e. The molecule has 0 aliphatic carbocycles. The van der Waals surface area contributed by atoms with Gasteiger partial charge in [-0.05, 0) is 55.5 Å². The van der Waals surface area contributed by atoms with Gasteiger partial charge >= 0.3 is 0 Å². The number of hydrogen-bond acceptors (Lipinski definition) is 8. The Balaban J connectivity index is 1.21. The summed E-state index contributed by atoms with van der Waals surface area (Å²) < 4.78 is 21.7. The van der Waals surface area contributed by atoms with Crippen LogP contribution in [-0.2, 0) is 6.54 Å². The van der Waals surface area contributed by atoms with E-state index in [1.165, 1.54) is 6.07 Å². The number of ether oxygens (including phenoxy) is 1. The van der Waals surface area contributed by atoms with Gasteiger partial charge < -0.3 is 19.6 Å². The molecule has 0 spiro atoms. The Labute approximate surface area is 238 Å². The molecule has 4 aliphatic heterocycles. The Morgan fingerprint density at radius 3 is 2.66 bits per heavy atom. The van der Waals surface area contributed by atoms with E-state index in [1.54, 1.807) is 37.0 Å². The topological polar surface area (TPSA) is 93.2 Å². The Hall–Kier alpha value is -4.38. The summed E-state index contributed by atoms with van der Waals surface area (Å²) in [5.74, 6) is 3.55. The van der Waals surface area contributed by atoms with Crippen LogP contribution in [0.25, 0.3) is 11.1 Å². The average Bonchev–Trinajstić information content (AvgIpc) is 3.37. The first-order valence-electron chi connectivity index (χ1n) is 13.6. The summed E-state index contributed by atoms with van der Waals surface area (Å²) in [4.78, 5) is 11.1. The molecule has 2 unspecified atom stereocenters. The molecule has 4 aliphatic rings. The van der Waals surface area contributed by atoms with E-state index in [0.29, 0.717) is 36.5 Å². The summed E-state index contributed by atoms with van der Waals surface area (Å²) in [6, 6.07) is 6.44. The van der Waals surface area contributed by atoms with Crippen LogP contribution in [0, 0.1) is 29.5 Å². The molecule has 0 amide bonds. The van der Waals surface area contributed by atoms with Crippen LogP contribution in [0.1, 0.15) is 42.7 Å². The number of piperidine rings is 1. The van der Waals surface area contributed by atoms with E-state index in [9.17, 15) is 14.8 Å². The minimum absolute atomic E-state index is 0.0506. The number of fused-ring (bicyclic) bond motifs is 3. The fraction of sp³-hybridized carbons (Fsp3) is 0.387. The fourth-order valence-corrected chi connectivity index (χ4v) is 5.99. The molecule has 210 valence electrons. The number of hydrogen-bond donors (Lipinski definition) is 1. The SMILES string of the molecule is C#Cc1ncc(CN2C3CC2CN(C2=CC=C(c4cc(OCC(C)(C)O)cn5ncc(C#N)c45)CN2C)C3)cc1F. The van der Waals surface area contributed by atoms with Crippen molar-refractivity contribution in [2.45, 2.75) is 44.5 Å². The van der Waals surface area contributed by atoms with E-state index in [0.717, 1.165) is 47.5 Å². The van der Waals surface area contributed by atoms with Gasteiger partial charge in [0.2, 0.25) is 0 Å². The van der Waals surface area contributed by atoms with Gasteiger partial charge in [0, 0.05) is 57.1 Å². The Bertz CT molecular complexity index is 1640. The highest BCUT2D eigenvalue weighted by Gasteiger charge is 2.45. The number of nitriles is 1. The Morgan fingerprint density at radius 1 is 1.22 bits per heavy atom. The molecular weight excluding hydrogens is 521 g/mol. The lowest BCUT2D eigenvalue weighted by Crippen LogP contribution is -2.68. The highest BCUT2D eigenvalue weighted by atomic mass is 19.1. The van der Waals surface area contributed by atoms with Crippen molar-refractivity contribution >= 4 is 11.1 Å². The van der Waals surface area contributed by atoms with E-state index in [2.05, 4.69) is 56.0 Å². The summed E-state index contributed by atoms with van der Waals surface area (Å²) in [6.45, 7) is 6.59. The quantitative estimate of drug-likeness (QED) is 0.447. The van der Waals surface area contributed by atoms with Crippen LogP contribution in [0.2, 0.25) is 0 Å². The molecule has 2 atom stereocenters. The van der Waals surface area contributed by atoms with Crippen LogP contribution < -0.4 is 4.74 Å². The zero-order chi connectivity index (χ0) is 28.9. The molecule has 0 radical (unpaired) electrons. The van der Waals surface area contributed by atoms with Gasteiger partial charge in [0.1, 0.15) is 29.9 Å². The van der Waals surface area contributed by atoms with E-state index in [1.807, 2.05) is 6.07 Å². The highest BCUT2D eigenvalue weighted by Crippen LogP contribution is 2.37. The largest absolute Gasteiger partial charge is 0.489 e. The monoisotopic (exact) mass is 553 g/mol. The maximum atomic E-state index is 14.1. The normalized spacial score (nSPS) is 20.7. The number of rotatable bonds is 7. The number of allylic oxidation sites excluding steroid dienone is 2. The molecule has 7 heterocycles. The molecule has 0 saturated carbocycles. The lowest BCUT2D eigenvalue weighted by molar-refractivity contribution is -0.0708. The summed E-state index contributed by atoms with van der Waals surface area (Å²) in [7, 11) is 2.08. The molecule has 9 nitrogen and oxygen atoms in total. The molecule has 0 aromatic carbocycles. The van der Waals surface area contributed by atoms with E-state index in [4.69, 9.17) is 11.2 Å². The number of aromatic nitrogens is 3. The van der Waals surface area contributed by atoms with Crippen molar-refractivity contribution < 1.29 is 14.2 Å². The van der Waals surface area contributed by atoms with E-state index < -0.39 is 11.4 Å². The number of likely N-dealkylation sites (N-methyl/N-ethyl adjacent to an activating group) is 1. The minimum Gasteiger partial charge on any atom is -0.489 e. The van der Waals surface area contributed by atoms with E-state index in [-0.39, 0.29) is 12.3 Å². The van der Waals surface area contributed by atoms with Gasteiger partial charge in [-0.2, -0.15) is 10.4 Å². The number of piperazine rings is 1. The highest BCUT2D eigenvalue weighted by molar-refractivity contribution is 5.84. The van der Waals surface area contributed by atoms with Crippen molar-refractivity contribution in [1.29, 1.82) is 5.26 Å². The Morgan fingerprint density at radius 2 is 2.00 bits per heavy atom. The molecule has 3 aromatic rings. The Kier molecular flexibility index (Phi) is 6.69. The van der Waals surface area contributed by atoms with Crippen LogP contribution in [-0.4, -0.2) is 85.4 Å². The van der Waals surface area contributed by atoms with Crippen molar-refractivity contribution in [3.8, 4) is 24.2 Å². The molecule has 3 aromatic heterocycles. The number of aliphatic hydroxyl groups is 1. The number of nitrogens with zero attached hydrogens (tertiary/aromatic N) is 7. The van der Waals surface area contributed by atoms with Gasteiger partial charge in [-0.15, -0.1) is 6.42 Å². The van der Waals surface area contributed by atoms with Crippen LogP contribution in [0.4, 0.5) is 4.39 Å². The molecule has 7 rings (SSSR count). The molecule has 1 N–H and O–H groups in total. The van der Waals surface area contributed by atoms with Gasteiger partial charge in [-0.3, -0.25) is 4.90 Å². The average molecular weight is 554 g/mol. The van der Waals surface area contributed by atoms with Crippen molar-refractivity contribution in [1.82, 2.24) is 29.3 Å². The van der Waals surface area contributed by atoms with Crippen molar-refractivity contribution in [3.63, 3.8) is 0 Å². The van der Waals surface area contributed by atoms with Gasteiger partial charge in [0.15, 0.2) is 5.82 Å². The number of terminal acetylenes is 1. The van der Waals surface area contributed by atoms with Gasteiger partial charge in [-0.1, -0.05) is 6.08 Å². The second-order valence-corrected chi connectivity index (χ2v) is 11.7. The standard InChI is InChI=1S/C31H32FN7O2/c1-5-28-27(32)8-20(12-34-28)14-38-23-9-24(38)17-37(16-23)29-7-6-21(15-36(29)4)26-10-25(41-19-31(2,3)40)18-39-30(26)22(11-33)13-35-39/h1,6-8,10,12-13,18,23-24,40H,9,14-17,19H2,2-4H3. The number of pyridine rings is 2. The predicted octanol–water partition coefficient (Wildman–Crippen LogP) is 3.00. The molecule has 3 saturated heterocycles. The zero-order valence-electron chi connectivity index (χ0n) is 23.4. The van der Waals surface area contributed by atoms with Crippen LogP contribution >= 0.6 is 0 Å². The van der Waals surface area contributed by atoms with Crippen LogP contribution in [0.5, 0.6) is 5.75 Å². The number of halogens is 1. The van der Waals surface area contributed by atoms with Crippen molar-refractivity contribution in [3.05, 3.63) is 76.9 Å². The summed E-state index contributed by atoms with van der Waals surface area (Å²) in [5, 5.41) is 24.2. The second kappa shape index (κ2) is 10.2. The van der Waals surface area contributed by atoms with Gasteiger partial charge in [0.05, 0.1) is 29.1 Å². The molecular formula is C31H32FN7O2.